The summed E-state index contributed by atoms with van der Waals surface area (Å²) < 4.78 is 69.0. The zero-order valence-corrected chi connectivity index (χ0v) is 6.80. The predicted octanol–water partition coefficient (Wildman–Crippen LogP) is 1.86. The van der Waals surface area contributed by atoms with Crippen LogP contribution in [0.4, 0.5) is 26.3 Å². The van der Waals surface area contributed by atoms with E-state index in [9.17, 15) is 35.9 Å². The third-order valence-electron chi connectivity index (χ3n) is 1.02. The molecule has 0 aromatic rings. The van der Waals surface area contributed by atoms with Crippen molar-refractivity contribution in [2.75, 3.05) is 0 Å². The highest BCUT2D eigenvalue weighted by Crippen LogP contribution is 2.26. The molecule has 0 N–H and O–H groups in total. The van der Waals surface area contributed by atoms with Gasteiger partial charge in [0.1, 0.15) is 0 Å². The van der Waals surface area contributed by atoms with Gasteiger partial charge in [0.15, 0.2) is 5.38 Å². The molecule has 0 aliphatic carbocycles. The minimum Gasteiger partial charge on any atom is -0.287 e. The van der Waals surface area contributed by atoms with Crippen LogP contribution in [0.1, 0.15) is 0 Å². The van der Waals surface area contributed by atoms with Gasteiger partial charge in [-0.3, -0.25) is 9.59 Å². The molecule has 82 valence electrons. The number of hydrogen-bond donors (Lipinski definition) is 0. The smallest absolute Gasteiger partial charge is 0.287 e. The third kappa shape index (κ3) is 3.17. The highest BCUT2D eigenvalue weighted by molar-refractivity contribution is 6.43. The number of alkyl halides is 7. The second-order valence-electron chi connectivity index (χ2n) is 2.09. The maximum atomic E-state index is 11.5. The molecule has 9 heteroatoms. The van der Waals surface area contributed by atoms with E-state index in [1.807, 2.05) is 0 Å². The molecule has 0 atom stereocenters. The molecule has 0 aromatic carbocycles. The molecule has 0 saturated carbocycles. The monoisotopic (exact) mass is 242 g/mol. The number of Topliss-reactive ketones (excluding diaryl/α,β-unsaturated/α-hetero) is 2. The number of ketones is 2. The molecule has 0 fully saturated rings. The van der Waals surface area contributed by atoms with Gasteiger partial charge in [0.2, 0.25) is 0 Å². The van der Waals surface area contributed by atoms with Crippen LogP contribution in [0, 0.1) is 0 Å². The molecule has 14 heavy (non-hydrogen) atoms. The fraction of sp³-hybridized carbons (Fsp3) is 0.600. The summed E-state index contributed by atoms with van der Waals surface area (Å²) in [6.45, 7) is 0. The summed E-state index contributed by atoms with van der Waals surface area (Å²) in [4.78, 5) is 20.1. The van der Waals surface area contributed by atoms with E-state index in [-0.39, 0.29) is 0 Å². The SMILES string of the molecule is O=C(C(Cl)C(=O)C(F)(F)F)C(F)(F)F. The molecule has 0 rings (SSSR count). The van der Waals surface area contributed by atoms with E-state index in [4.69, 9.17) is 0 Å². The molecule has 0 bridgehead atoms. The molecular weight excluding hydrogens is 241 g/mol. The van der Waals surface area contributed by atoms with Crippen molar-refractivity contribution < 1.29 is 35.9 Å². The van der Waals surface area contributed by atoms with Crippen molar-refractivity contribution in [1.82, 2.24) is 0 Å². The molecular formula is C5HClF6O2. The lowest BCUT2D eigenvalue weighted by molar-refractivity contribution is -0.181. The van der Waals surface area contributed by atoms with E-state index in [0.29, 0.717) is 0 Å². The molecule has 2 nitrogen and oxygen atoms in total. The molecule has 0 spiro atoms. The summed E-state index contributed by atoms with van der Waals surface area (Å²) in [5, 5.41) is -3.27. The normalized spacial score (nSPS) is 13.1. The van der Waals surface area contributed by atoms with Crippen LogP contribution in [0.5, 0.6) is 0 Å². The van der Waals surface area contributed by atoms with Crippen LogP contribution in [0.15, 0.2) is 0 Å². The van der Waals surface area contributed by atoms with Crippen LogP contribution >= 0.6 is 11.6 Å². The van der Waals surface area contributed by atoms with Gasteiger partial charge in [-0.15, -0.1) is 11.6 Å². The van der Waals surface area contributed by atoms with Crippen LogP contribution in [-0.2, 0) is 9.59 Å². The molecule has 0 aromatic heterocycles. The van der Waals surface area contributed by atoms with Gasteiger partial charge < -0.3 is 0 Å². The fourth-order valence-corrected chi connectivity index (χ4v) is 0.654. The van der Waals surface area contributed by atoms with Gasteiger partial charge in [-0.25, -0.2) is 0 Å². The van der Waals surface area contributed by atoms with Crippen LogP contribution in [0.3, 0.4) is 0 Å². The maximum Gasteiger partial charge on any atom is 0.452 e. The summed E-state index contributed by atoms with van der Waals surface area (Å²) in [7, 11) is 0. The lowest BCUT2D eigenvalue weighted by Gasteiger charge is -2.11. The van der Waals surface area contributed by atoms with Gasteiger partial charge in [0.25, 0.3) is 11.6 Å². The molecule has 0 aliphatic heterocycles. The second-order valence-corrected chi connectivity index (χ2v) is 2.52. The van der Waals surface area contributed by atoms with Crippen molar-refractivity contribution in [3.8, 4) is 0 Å². The summed E-state index contributed by atoms with van der Waals surface area (Å²) >= 11 is 4.41. The average molecular weight is 243 g/mol. The first-order valence-electron chi connectivity index (χ1n) is 2.84. The minimum atomic E-state index is -5.56. The van der Waals surface area contributed by atoms with Gasteiger partial charge in [-0.05, 0) is 0 Å². The lowest BCUT2D eigenvalue weighted by Crippen LogP contribution is -2.42. The standard InChI is InChI=1S/C5HClF6O2/c6-1(2(13)4(7,8)9)3(14)5(10,11)12/h1H. The van der Waals surface area contributed by atoms with Gasteiger partial charge in [-0.1, -0.05) is 0 Å². The van der Waals surface area contributed by atoms with E-state index < -0.39 is 29.3 Å². The zero-order chi connectivity index (χ0) is 11.7. The highest BCUT2D eigenvalue weighted by Gasteiger charge is 2.52. The largest absolute Gasteiger partial charge is 0.452 e. The quantitative estimate of drug-likeness (QED) is 0.421. The Morgan fingerprint density at radius 2 is 1.07 bits per heavy atom. The molecule has 0 radical (unpaired) electrons. The van der Waals surface area contributed by atoms with E-state index in [1.165, 1.54) is 0 Å². The predicted molar refractivity (Wildman–Crippen MR) is 31.8 cm³/mol. The van der Waals surface area contributed by atoms with E-state index in [2.05, 4.69) is 11.6 Å². The first-order valence-corrected chi connectivity index (χ1v) is 3.27. The first-order chi connectivity index (χ1) is 5.98. The van der Waals surface area contributed by atoms with Gasteiger partial charge in [0, 0.05) is 0 Å². The fourth-order valence-electron chi connectivity index (χ4n) is 0.406. The van der Waals surface area contributed by atoms with E-state index >= 15 is 0 Å². The highest BCUT2D eigenvalue weighted by atomic mass is 35.5. The summed E-state index contributed by atoms with van der Waals surface area (Å²) in [6.07, 6.45) is -11.1. The maximum absolute atomic E-state index is 11.5. The zero-order valence-electron chi connectivity index (χ0n) is 6.04. The number of rotatable bonds is 2. The Hall–Kier alpha value is -0.790. The van der Waals surface area contributed by atoms with Crippen molar-refractivity contribution in [3.63, 3.8) is 0 Å². The second kappa shape index (κ2) is 3.76. The number of carbonyl (C=O) groups is 2. The average Bonchev–Trinajstić information content (AvgIpc) is 1.97. The third-order valence-corrected chi connectivity index (χ3v) is 1.42. The minimum absolute atomic E-state index is 2.93. The van der Waals surface area contributed by atoms with Gasteiger partial charge >= 0.3 is 12.4 Å². The van der Waals surface area contributed by atoms with Gasteiger partial charge in [0.05, 0.1) is 0 Å². The number of halogens is 7. The Balaban J connectivity index is 4.74. The lowest BCUT2D eigenvalue weighted by atomic mass is 10.2. The molecule has 0 saturated heterocycles. The number of hydrogen-bond acceptors (Lipinski definition) is 2. The molecule has 0 heterocycles. The Morgan fingerprint density at radius 1 is 0.857 bits per heavy atom. The van der Waals surface area contributed by atoms with Crippen molar-refractivity contribution >= 4 is 23.2 Å². The summed E-state index contributed by atoms with van der Waals surface area (Å²) in [6, 6.07) is 0. The van der Waals surface area contributed by atoms with Crippen LogP contribution in [-0.4, -0.2) is 29.3 Å². The van der Waals surface area contributed by atoms with Crippen molar-refractivity contribution in [2.45, 2.75) is 17.7 Å². The Labute approximate surface area is 77.8 Å². The molecule has 0 amide bonds. The van der Waals surface area contributed by atoms with Crippen molar-refractivity contribution in [2.24, 2.45) is 0 Å². The summed E-state index contributed by atoms with van der Waals surface area (Å²) in [5.74, 6) is -5.86. The Kier molecular flexibility index (Phi) is 3.54. The molecule has 0 unspecified atom stereocenters. The van der Waals surface area contributed by atoms with Crippen molar-refractivity contribution in [3.05, 3.63) is 0 Å². The molecule has 0 aliphatic rings. The van der Waals surface area contributed by atoms with E-state index in [0.717, 1.165) is 0 Å². The van der Waals surface area contributed by atoms with Crippen molar-refractivity contribution in [1.29, 1.82) is 0 Å². The van der Waals surface area contributed by atoms with E-state index in [1.54, 1.807) is 0 Å². The van der Waals surface area contributed by atoms with Crippen LogP contribution < -0.4 is 0 Å². The van der Waals surface area contributed by atoms with Crippen LogP contribution in [0.2, 0.25) is 0 Å². The topological polar surface area (TPSA) is 34.1 Å². The summed E-state index contributed by atoms with van der Waals surface area (Å²) in [5.41, 5.74) is 0. The first kappa shape index (κ1) is 13.2. The Morgan fingerprint density at radius 3 is 1.21 bits per heavy atom. The van der Waals surface area contributed by atoms with Crippen LogP contribution in [0.25, 0.3) is 0 Å². The van der Waals surface area contributed by atoms with Gasteiger partial charge in [-0.2, -0.15) is 26.3 Å². The Bertz CT molecular complexity index is 228. The number of carbonyl (C=O) groups excluding carboxylic acids is 2.